The van der Waals surface area contributed by atoms with Crippen molar-refractivity contribution >= 4 is 15.8 Å². The zero-order valence-electron chi connectivity index (χ0n) is 11.5. The molecule has 1 fully saturated rings. The van der Waals surface area contributed by atoms with Crippen molar-refractivity contribution in [2.24, 2.45) is 0 Å². The quantitative estimate of drug-likeness (QED) is 0.919. The lowest BCUT2D eigenvalue weighted by Gasteiger charge is -2.32. The number of aromatic nitrogens is 1. The Morgan fingerprint density at radius 2 is 2.26 bits per heavy atom. The van der Waals surface area contributed by atoms with Crippen LogP contribution in [0.2, 0.25) is 0 Å². The second-order valence-corrected chi connectivity index (χ2v) is 6.70. The van der Waals surface area contributed by atoms with Crippen molar-refractivity contribution in [1.29, 1.82) is 0 Å². The van der Waals surface area contributed by atoms with E-state index in [9.17, 15) is 8.42 Å². The molecule has 106 valence electrons. The van der Waals surface area contributed by atoms with Crippen LogP contribution >= 0.6 is 0 Å². The van der Waals surface area contributed by atoms with E-state index in [1.165, 1.54) is 0 Å². The highest BCUT2D eigenvalue weighted by Gasteiger charge is 2.32. The summed E-state index contributed by atoms with van der Waals surface area (Å²) in [5.74, 6) is 0.447. The van der Waals surface area contributed by atoms with Gasteiger partial charge in [-0.25, -0.2) is 13.4 Å². The van der Waals surface area contributed by atoms with Crippen molar-refractivity contribution in [1.82, 2.24) is 9.29 Å². The van der Waals surface area contributed by atoms with Gasteiger partial charge in [0.2, 0.25) is 10.0 Å². The fourth-order valence-electron chi connectivity index (χ4n) is 2.45. The minimum Gasteiger partial charge on any atom is -0.369 e. The van der Waals surface area contributed by atoms with Crippen LogP contribution in [0.4, 0.5) is 5.82 Å². The number of piperidine rings is 1. The van der Waals surface area contributed by atoms with Gasteiger partial charge in [0.05, 0.1) is 0 Å². The first-order valence-corrected chi connectivity index (χ1v) is 8.22. The molecule has 0 aromatic carbocycles. The molecule has 1 aromatic rings. The van der Waals surface area contributed by atoms with E-state index < -0.39 is 10.0 Å². The lowest BCUT2D eigenvalue weighted by Crippen LogP contribution is -2.42. The molecule has 0 aliphatic carbocycles. The van der Waals surface area contributed by atoms with E-state index in [-0.39, 0.29) is 10.9 Å². The predicted molar refractivity (Wildman–Crippen MR) is 75.6 cm³/mol. The molecule has 1 atom stereocenters. The Balaban J connectivity index is 2.38. The van der Waals surface area contributed by atoms with Crippen LogP contribution in [-0.2, 0) is 10.0 Å². The van der Waals surface area contributed by atoms with Crippen LogP contribution < -0.4 is 5.32 Å². The van der Waals surface area contributed by atoms with Gasteiger partial charge in [-0.15, -0.1) is 0 Å². The largest absolute Gasteiger partial charge is 0.369 e. The third-order valence-corrected chi connectivity index (χ3v) is 5.49. The van der Waals surface area contributed by atoms with Gasteiger partial charge in [-0.1, -0.05) is 6.42 Å². The first kappa shape index (κ1) is 14.3. The van der Waals surface area contributed by atoms with Gasteiger partial charge in [0, 0.05) is 25.3 Å². The van der Waals surface area contributed by atoms with Crippen LogP contribution in [0.25, 0.3) is 0 Å². The summed E-state index contributed by atoms with van der Waals surface area (Å²) in [5, 5.41) is 3.02. The monoisotopic (exact) mass is 283 g/mol. The number of hydrogen-bond donors (Lipinski definition) is 1. The Kier molecular flexibility index (Phi) is 4.42. The summed E-state index contributed by atoms with van der Waals surface area (Å²) in [7, 11) is -3.46. The summed E-state index contributed by atoms with van der Waals surface area (Å²) in [6, 6.07) is 3.36. The standard InChI is InChI=1S/C13H21N3O2S/c1-3-14-13-12(8-6-9-15-13)19(17,18)16-10-5-4-7-11(16)2/h6,8-9,11H,3-5,7,10H2,1-2H3,(H,14,15). The van der Waals surface area contributed by atoms with Crippen molar-refractivity contribution in [2.45, 2.75) is 44.0 Å². The van der Waals surface area contributed by atoms with Gasteiger partial charge in [0.25, 0.3) is 0 Å². The number of rotatable bonds is 4. The van der Waals surface area contributed by atoms with Crippen molar-refractivity contribution in [3.8, 4) is 0 Å². The average Bonchev–Trinajstić information content (AvgIpc) is 2.40. The van der Waals surface area contributed by atoms with Gasteiger partial charge < -0.3 is 5.32 Å². The molecule has 1 aromatic heterocycles. The Morgan fingerprint density at radius 3 is 2.95 bits per heavy atom. The van der Waals surface area contributed by atoms with Crippen LogP contribution in [0.15, 0.2) is 23.2 Å². The number of sulfonamides is 1. The topological polar surface area (TPSA) is 62.3 Å². The molecule has 0 saturated carbocycles. The van der Waals surface area contributed by atoms with E-state index in [1.807, 2.05) is 13.8 Å². The minimum atomic E-state index is -3.46. The van der Waals surface area contributed by atoms with Crippen molar-refractivity contribution < 1.29 is 8.42 Å². The Hall–Kier alpha value is -1.14. The normalized spacial score (nSPS) is 21.3. The van der Waals surface area contributed by atoms with E-state index in [0.717, 1.165) is 19.3 Å². The molecule has 0 amide bonds. The third-order valence-electron chi connectivity index (χ3n) is 3.44. The van der Waals surface area contributed by atoms with Gasteiger partial charge in [-0.05, 0) is 38.8 Å². The SMILES string of the molecule is CCNc1ncccc1S(=O)(=O)N1CCCCC1C. The highest BCUT2D eigenvalue weighted by atomic mass is 32.2. The Labute approximate surface area is 115 Å². The molecular weight excluding hydrogens is 262 g/mol. The molecule has 0 radical (unpaired) electrons. The van der Waals surface area contributed by atoms with Crippen molar-refractivity contribution in [3.05, 3.63) is 18.3 Å². The van der Waals surface area contributed by atoms with Crippen molar-refractivity contribution in [3.63, 3.8) is 0 Å². The first-order valence-electron chi connectivity index (χ1n) is 6.78. The predicted octanol–water partition coefficient (Wildman–Crippen LogP) is 2.08. The lowest BCUT2D eigenvalue weighted by molar-refractivity contribution is 0.268. The molecule has 0 bridgehead atoms. The van der Waals surface area contributed by atoms with E-state index in [4.69, 9.17) is 0 Å². The molecular formula is C13H21N3O2S. The average molecular weight is 283 g/mol. The van der Waals surface area contributed by atoms with Gasteiger partial charge in [0.1, 0.15) is 10.7 Å². The lowest BCUT2D eigenvalue weighted by atomic mass is 10.1. The van der Waals surface area contributed by atoms with Crippen LogP contribution in [-0.4, -0.2) is 36.8 Å². The van der Waals surface area contributed by atoms with E-state index in [2.05, 4.69) is 10.3 Å². The van der Waals surface area contributed by atoms with Crippen LogP contribution in [0.3, 0.4) is 0 Å². The number of nitrogens with one attached hydrogen (secondary N) is 1. The zero-order chi connectivity index (χ0) is 13.9. The van der Waals surface area contributed by atoms with Crippen LogP contribution in [0.1, 0.15) is 33.1 Å². The fraction of sp³-hybridized carbons (Fsp3) is 0.615. The summed E-state index contributed by atoms with van der Waals surface area (Å²) < 4.78 is 27.1. The highest BCUT2D eigenvalue weighted by molar-refractivity contribution is 7.89. The molecule has 1 aliphatic heterocycles. The maximum absolute atomic E-state index is 12.7. The van der Waals surface area contributed by atoms with Crippen LogP contribution in [0.5, 0.6) is 0 Å². The molecule has 6 heteroatoms. The molecule has 1 saturated heterocycles. The molecule has 5 nitrogen and oxygen atoms in total. The van der Waals surface area contributed by atoms with Gasteiger partial charge in [-0.3, -0.25) is 0 Å². The summed E-state index contributed by atoms with van der Waals surface area (Å²) in [6.45, 7) is 5.15. The molecule has 2 heterocycles. The molecule has 1 unspecified atom stereocenters. The summed E-state index contributed by atoms with van der Waals surface area (Å²) >= 11 is 0. The van der Waals surface area contributed by atoms with Gasteiger partial charge >= 0.3 is 0 Å². The number of anilines is 1. The van der Waals surface area contributed by atoms with E-state index in [0.29, 0.717) is 18.9 Å². The summed E-state index contributed by atoms with van der Waals surface area (Å²) in [6.07, 6.45) is 4.56. The van der Waals surface area contributed by atoms with Crippen LogP contribution in [0, 0.1) is 0 Å². The number of hydrogen-bond acceptors (Lipinski definition) is 4. The molecule has 2 rings (SSSR count). The highest BCUT2D eigenvalue weighted by Crippen LogP contribution is 2.28. The second-order valence-electron chi connectivity index (χ2n) is 4.84. The fourth-order valence-corrected chi connectivity index (χ4v) is 4.28. The smallest absolute Gasteiger partial charge is 0.246 e. The summed E-state index contributed by atoms with van der Waals surface area (Å²) in [4.78, 5) is 4.42. The number of nitrogens with zero attached hydrogens (tertiary/aromatic N) is 2. The maximum atomic E-state index is 12.7. The minimum absolute atomic E-state index is 0.0634. The molecule has 19 heavy (non-hydrogen) atoms. The first-order chi connectivity index (χ1) is 9.07. The summed E-state index contributed by atoms with van der Waals surface area (Å²) in [5.41, 5.74) is 0. The maximum Gasteiger partial charge on any atom is 0.246 e. The van der Waals surface area contributed by atoms with Gasteiger partial charge in [0.15, 0.2) is 0 Å². The molecule has 0 spiro atoms. The van der Waals surface area contributed by atoms with E-state index >= 15 is 0 Å². The number of pyridine rings is 1. The van der Waals surface area contributed by atoms with E-state index in [1.54, 1.807) is 22.6 Å². The Morgan fingerprint density at radius 1 is 1.47 bits per heavy atom. The van der Waals surface area contributed by atoms with Gasteiger partial charge in [-0.2, -0.15) is 4.31 Å². The molecule has 1 aliphatic rings. The Bertz CT molecular complexity index is 530. The van der Waals surface area contributed by atoms with Crippen molar-refractivity contribution in [2.75, 3.05) is 18.4 Å². The third kappa shape index (κ3) is 2.90. The zero-order valence-corrected chi connectivity index (χ0v) is 12.3. The molecule has 1 N–H and O–H groups in total. The second kappa shape index (κ2) is 5.88.